The van der Waals surface area contributed by atoms with E-state index in [0.717, 1.165) is 128 Å². The van der Waals surface area contributed by atoms with Gasteiger partial charge in [0.1, 0.15) is 6.61 Å². The molecule has 0 saturated heterocycles. The second kappa shape index (κ2) is 67.0. The van der Waals surface area contributed by atoms with Crippen molar-refractivity contribution >= 4 is 19.8 Å². The molecule has 10 heteroatoms. The van der Waals surface area contributed by atoms with Crippen molar-refractivity contribution in [3.8, 4) is 0 Å². The lowest BCUT2D eigenvalue weighted by atomic mass is 10.0. The third kappa shape index (κ3) is 66.9. The van der Waals surface area contributed by atoms with Gasteiger partial charge in [0.05, 0.1) is 13.2 Å². The van der Waals surface area contributed by atoms with Crippen molar-refractivity contribution in [3.63, 3.8) is 0 Å². The SMILES string of the molecule is CC/C=C\C/C=C\C/C=C\C/C=C\C/C=C\C/C=C\C/C=C\CCCCCCCCCCCCCCCCCCCCCC(=O)OC(COC(=O)CCCCCCC/C=C\C/C=C\C/C=C\C/C=C\C/C=C\CC)COP(=O)(O)OCCN. The van der Waals surface area contributed by atoms with Crippen molar-refractivity contribution < 1.29 is 37.6 Å². The summed E-state index contributed by atoms with van der Waals surface area (Å²) < 4.78 is 33.1. The highest BCUT2D eigenvalue weighted by Crippen LogP contribution is 2.43. The number of esters is 2. The van der Waals surface area contributed by atoms with E-state index in [1.807, 2.05) is 0 Å². The van der Waals surface area contributed by atoms with Crippen LogP contribution in [0.5, 0.6) is 0 Å². The topological polar surface area (TPSA) is 134 Å². The lowest BCUT2D eigenvalue weighted by Crippen LogP contribution is -2.29. The Morgan fingerprint density at radius 1 is 0.361 bits per heavy atom. The minimum absolute atomic E-state index is 0.0451. The fourth-order valence-electron chi connectivity index (χ4n) is 8.88. The molecule has 3 N–H and O–H groups in total. The van der Waals surface area contributed by atoms with Crippen LogP contribution in [0, 0.1) is 0 Å². The number of phosphoric acid groups is 1. The van der Waals surface area contributed by atoms with Gasteiger partial charge in [-0.1, -0.05) is 288 Å². The van der Waals surface area contributed by atoms with Gasteiger partial charge >= 0.3 is 19.8 Å². The molecule has 0 rings (SSSR count). The van der Waals surface area contributed by atoms with Gasteiger partial charge in [0.2, 0.25) is 0 Å². The molecule has 0 fully saturated rings. The van der Waals surface area contributed by atoms with Crippen LogP contribution < -0.4 is 5.73 Å². The molecule has 83 heavy (non-hydrogen) atoms. The van der Waals surface area contributed by atoms with E-state index < -0.39 is 32.5 Å². The Morgan fingerprint density at radius 3 is 0.928 bits per heavy atom. The third-order valence-electron chi connectivity index (χ3n) is 13.7. The highest BCUT2D eigenvalue weighted by atomic mass is 31.2. The van der Waals surface area contributed by atoms with Crippen LogP contribution in [0.15, 0.2) is 146 Å². The molecule has 0 radical (unpaired) electrons. The van der Waals surface area contributed by atoms with Gasteiger partial charge in [0, 0.05) is 19.4 Å². The first-order chi connectivity index (χ1) is 40.8. The Balaban J connectivity index is 3.88. The largest absolute Gasteiger partial charge is 0.472 e. The highest BCUT2D eigenvalue weighted by Gasteiger charge is 2.26. The van der Waals surface area contributed by atoms with E-state index in [1.165, 1.54) is 103 Å². The number of hydrogen-bond donors (Lipinski definition) is 2. The molecule has 0 amide bonds. The van der Waals surface area contributed by atoms with Crippen LogP contribution in [0.4, 0.5) is 0 Å². The average molecular weight is 1170 g/mol. The number of rotatable bonds is 61. The maximum Gasteiger partial charge on any atom is 0.472 e. The Labute approximate surface area is 509 Å². The summed E-state index contributed by atoms with van der Waals surface area (Å²) in [4.78, 5) is 35.3. The van der Waals surface area contributed by atoms with Crippen LogP contribution in [0.2, 0.25) is 0 Å². The number of unbranched alkanes of at least 4 members (excludes halogenated alkanes) is 24. The van der Waals surface area contributed by atoms with E-state index in [4.69, 9.17) is 24.3 Å². The number of carbonyl (C=O) groups is 2. The Kier molecular flexibility index (Phi) is 63.7. The first-order valence-electron chi connectivity index (χ1n) is 33.3. The van der Waals surface area contributed by atoms with E-state index in [-0.39, 0.29) is 32.6 Å². The van der Waals surface area contributed by atoms with Gasteiger partial charge in [-0.05, 0) is 116 Å². The second-order valence-corrected chi connectivity index (χ2v) is 23.0. The molecule has 0 aromatic heterocycles. The van der Waals surface area contributed by atoms with Crippen molar-refractivity contribution in [1.82, 2.24) is 0 Å². The van der Waals surface area contributed by atoms with Crippen LogP contribution in [-0.4, -0.2) is 49.3 Å². The van der Waals surface area contributed by atoms with E-state index in [0.29, 0.717) is 12.8 Å². The zero-order chi connectivity index (χ0) is 60.1. The molecular weight excluding hydrogens is 1050 g/mol. The molecular formula is C73H122NO8P. The molecule has 0 aliphatic rings. The van der Waals surface area contributed by atoms with Gasteiger partial charge in [-0.15, -0.1) is 0 Å². The molecule has 0 aliphatic heterocycles. The summed E-state index contributed by atoms with van der Waals surface area (Å²) in [7, 11) is -4.40. The van der Waals surface area contributed by atoms with E-state index in [9.17, 15) is 19.0 Å². The number of nitrogens with two attached hydrogens (primary N) is 1. The molecule has 0 saturated carbocycles. The lowest BCUT2D eigenvalue weighted by molar-refractivity contribution is -0.161. The molecule has 0 spiro atoms. The monoisotopic (exact) mass is 1170 g/mol. The summed E-state index contributed by atoms with van der Waals surface area (Å²) in [6, 6.07) is 0. The minimum atomic E-state index is -4.40. The van der Waals surface area contributed by atoms with E-state index in [2.05, 4.69) is 160 Å². The minimum Gasteiger partial charge on any atom is -0.462 e. The van der Waals surface area contributed by atoms with Crippen molar-refractivity contribution in [1.29, 1.82) is 0 Å². The fourth-order valence-corrected chi connectivity index (χ4v) is 9.64. The molecule has 0 aromatic carbocycles. The fraction of sp³-hybridized carbons (Fsp3) is 0.644. The Bertz CT molecular complexity index is 1870. The Hall–Kier alpha value is -4.11. The second-order valence-electron chi connectivity index (χ2n) is 21.6. The summed E-state index contributed by atoms with van der Waals surface area (Å²) in [6.45, 7) is 3.50. The lowest BCUT2D eigenvalue weighted by Gasteiger charge is -2.19. The number of carbonyl (C=O) groups excluding carboxylic acids is 2. The van der Waals surface area contributed by atoms with Crippen molar-refractivity contribution in [2.45, 2.75) is 277 Å². The zero-order valence-corrected chi connectivity index (χ0v) is 53.8. The molecule has 472 valence electrons. The standard InChI is InChI=1S/C73H122NO8P/c1-3-5-7-9-11-13-15-17-19-21-23-25-26-27-28-29-30-31-32-33-34-35-36-37-38-39-40-41-42-43-44-46-48-50-52-54-56-58-60-62-64-66-73(76)82-71(70-81-83(77,78)80-68-67-74)69-79-72(75)65-63-61-59-57-55-53-51-49-47-45-24-22-20-18-16-14-12-10-8-6-4-2/h5-8,11-14,17-20,23-25,27-28,30-31,33-34,45,49,51,71H,3-4,9-10,15-16,21-22,26,29,32,35-44,46-48,50,52-70,74H2,1-2H3,(H,77,78)/b7-5-,8-6-,13-11-,14-12-,19-17-,20-18-,25-23-,28-27-,31-30-,34-33-,45-24-,51-49-. The van der Waals surface area contributed by atoms with Gasteiger partial charge in [-0.2, -0.15) is 0 Å². The number of phosphoric ester groups is 1. The van der Waals surface area contributed by atoms with Gasteiger partial charge in [-0.25, -0.2) is 4.57 Å². The van der Waals surface area contributed by atoms with Crippen molar-refractivity contribution in [3.05, 3.63) is 146 Å². The number of hydrogen-bond acceptors (Lipinski definition) is 8. The normalized spacial score (nSPS) is 13.9. The molecule has 2 atom stereocenters. The molecule has 0 aliphatic carbocycles. The maximum absolute atomic E-state index is 12.7. The van der Waals surface area contributed by atoms with Gasteiger partial charge in [0.25, 0.3) is 0 Å². The zero-order valence-electron chi connectivity index (χ0n) is 52.9. The van der Waals surface area contributed by atoms with Gasteiger partial charge < -0.3 is 20.1 Å². The van der Waals surface area contributed by atoms with Crippen LogP contribution in [0.3, 0.4) is 0 Å². The van der Waals surface area contributed by atoms with Crippen LogP contribution in [-0.2, 0) is 32.7 Å². The predicted octanol–water partition coefficient (Wildman–Crippen LogP) is 21.9. The van der Waals surface area contributed by atoms with Crippen molar-refractivity contribution in [2.75, 3.05) is 26.4 Å². The Morgan fingerprint density at radius 2 is 0.627 bits per heavy atom. The summed E-state index contributed by atoms with van der Waals surface area (Å²) in [5.74, 6) is -0.850. The van der Waals surface area contributed by atoms with E-state index >= 15 is 0 Å². The summed E-state index contributed by atoms with van der Waals surface area (Å²) in [5.41, 5.74) is 5.39. The van der Waals surface area contributed by atoms with Gasteiger partial charge in [0.15, 0.2) is 6.10 Å². The third-order valence-corrected chi connectivity index (χ3v) is 14.7. The number of allylic oxidation sites excluding steroid dienone is 24. The molecule has 9 nitrogen and oxygen atoms in total. The first kappa shape index (κ1) is 78.9. The van der Waals surface area contributed by atoms with Crippen LogP contribution >= 0.6 is 7.82 Å². The smallest absolute Gasteiger partial charge is 0.462 e. The molecule has 0 bridgehead atoms. The highest BCUT2D eigenvalue weighted by molar-refractivity contribution is 7.47. The first-order valence-corrected chi connectivity index (χ1v) is 34.8. The van der Waals surface area contributed by atoms with Crippen LogP contribution in [0.1, 0.15) is 271 Å². The quantitative estimate of drug-likeness (QED) is 0.0264. The molecule has 0 heterocycles. The summed E-state index contributed by atoms with van der Waals surface area (Å²) >= 11 is 0. The van der Waals surface area contributed by atoms with Crippen molar-refractivity contribution in [2.24, 2.45) is 5.73 Å². The van der Waals surface area contributed by atoms with Gasteiger partial charge in [-0.3, -0.25) is 18.6 Å². The number of ether oxygens (including phenoxy) is 2. The molecule has 0 aromatic rings. The average Bonchev–Trinajstić information content (AvgIpc) is 3.49. The summed E-state index contributed by atoms with van der Waals surface area (Å²) in [6.07, 6.45) is 96.5. The summed E-state index contributed by atoms with van der Waals surface area (Å²) in [5, 5.41) is 0. The molecule has 2 unspecified atom stereocenters. The van der Waals surface area contributed by atoms with Crippen LogP contribution in [0.25, 0.3) is 0 Å². The van der Waals surface area contributed by atoms with E-state index in [1.54, 1.807) is 0 Å². The maximum atomic E-state index is 12.7. The predicted molar refractivity (Wildman–Crippen MR) is 357 cm³/mol.